The first-order valence-electron chi connectivity index (χ1n) is 9.37. The summed E-state index contributed by atoms with van der Waals surface area (Å²) in [5.74, 6) is 0.191. The Morgan fingerprint density at radius 3 is 2.64 bits per heavy atom. The molecule has 0 aliphatic carbocycles. The van der Waals surface area contributed by atoms with Crippen LogP contribution in [-0.4, -0.2) is 65.4 Å². The van der Waals surface area contributed by atoms with Crippen LogP contribution in [0.4, 0.5) is 0 Å². The smallest absolute Gasteiger partial charge is 0.255 e. The van der Waals surface area contributed by atoms with Gasteiger partial charge in [0, 0.05) is 37.1 Å². The average Bonchev–Trinajstić information content (AvgIpc) is 3.02. The van der Waals surface area contributed by atoms with Crippen molar-refractivity contribution >= 4 is 11.8 Å². The number of rotatable bonds is 7. The molecule has 1 aromatic rings. The van der Waals surface area contributed by atoms with E-state index in [2.05, 4.69) is 22.1 Å². The van der Waals surface area contributed by atoms with E-state index in [9.17, 15) is 9.59 Å². The molecule has 6 heteroatoms. The lowest BCUT2D eigenvalue weighted by molar-refractivity contribution is -0.123. The Morgan fingerprint density at radius 1 is 1.36 bits per heavy atom. The molecule has 2 amide bonds. The summed E-state index contributed by atoms with van der Waals surface area (Å²) in [6, 6.07) is 2.41. The van der Waals surface area contributed by atoms with Crippen LogP contribution in [-0.2, 0) is 11.2 Å². The zero-order valence-corrected chi connectivity index (χ0v) is 16.0. The molecule has 0 saturated carbocycles. The molecule has 0 spiro atoms. The van der Waals surface area contributed by atoms with Crippen molar-refractivity contribution in [3.8, 4) is 0 Å². The monoisotopic (exact) mass is 348 g/mol. The quantitative estimate of drug-likeness (QED) is 0.792. The molecule has 1 aliphatic heterocycles. The molecular formula is C19H32N4O2. The van der Waals surface area contributed by atoms with Gasteiger partial charge in [0.05, 0.1) is 12.1 Å². The van der Waals surface area contributed by atoms with Crippen molar-refractivity contribution in [3.63, 3.8) is 0 Å². The number of nitrogens with zero attached hydrogens (tertiary/aromatic N) is 2. The van der Waals surface area contributed by atoms with Crippen molar-refractivity contribution in [1.82, 2.24) is 20.1 Å². The van der Waals surface area contributed by atoms with Gasteiger partial charge in [0.1, 0.15) is 0 Å². The van der Waals surface area contributed by atoms with E-state index in [1.54, 1.807) is 0 Å². The predicted molar refractivity (Wildman–Crippen MR) is 99.6 cm³/mol. The second kappa shape index (κ2) is 9.04. The number of carbonyl (C=O) groups excluding carboxylic acids is 2. The van der Waals surface area contributed by atoms with E-state index in [1.807, 2.05) is 38.1 Å². The Balaban J connectivity index is 1.85. The van der Waals surface area contributed by atoms with Gasteiger partial charge >= 0.3 is 0 Å². The minimum atomic E-state index is 0.0625. The third kappa shape index (κ3) is 5.33. The number of aromatic nitrogens is 1. The van der Waals surface area contributed by atoms with Gasteiger partial charge in [0.15, 0.2) is 0 Å². The van der Waals surface area contributed by atoms with Gasteiger partial charge in [-0.25, -0.2) is 0 Å². The Hall–Kier alpha value is -1.82. The number of nitrogens with one attached hydrogen (secondary N) is 2. The molecule has 0 bridgehead atoms. The summed E-state index contributed by atoms with van der Waals surface area (Å²) < 4.78 is 0. The highest BCUT2D eigenvalue weighted by Crippen LogP contribution is 2.19. The fraction of sp³-hybridized carbons (Fsp3) is 0.684. The summed E-state index contributed by atoms with van der Waals surface area (Å²) in [7, 11) is 1.99. The number of aromatic amines is 1. The SMILES string of the molecule is CCCc1[nH]ccc1C(=O)N1CCC(N(C)CC(=O)NC(C)C)CC1. The van der Waals surface area contributed by atoms with Gasteiger partial charge in [0.25, 0.3) is 5.91 Å². The molecule has 0 atom stereocenters. The van der Waals surface area contributed by atoms with E-state index in [0.717, 1.165) is 50.0 Å². The third-order valence-corrected chi connectivity index (χ3v) is 4.78. The first-order chi connectivity index (χ1) is 11.9. The molecule has 0 unspecified atom stereocenters. The van der Waals surface area contributed by atoms with Crippen LogP contribution in [0, 0.1) is 0 Å². The Labute approximate surface area is 151 Å². The van der Waals surface area contributed by atoms with E-state index >= 15 is 0 Å². The van der Waals surface area contributed by atoms with Crippen LogP contribution in [0.1, 0.15) is 56.1 Å². The topological polar surface area (TPSA) is 68.4 Å². The molecule has 6 nitrogen and oxygen atoms in total. The van der Waals surface area contributed by atoms with Crippen LogP contribution >= 0.6 is 0 Å². The molecule has 0 radical (unpaired) electrons. The van der Waals surface area contributed by atoms with E-state index in [0.29, 0.717) is 12.6 Å². The Bertz CT molecular complexity index is 574. The lowest BCUT2D eigenvalue weighted by atomic mass is 10.0. The van der Waals surface area contributed by atoms with Crippen molar-refractivity contribution in [1.29, 1.82) is 0 Å². The number of likely N-dealkylation sites (tertiary alicyclic amines) is 1. The molecule has 1 fully saturated rings. The average molecular weight is 348 g/mol. The number of carbonyl (C=O) groups is 2. The predicted octanol–water partition coefficient (Wildman–Crippen LogP) is 2.03. The highest BCUT2D eigenvalue weighted by atomic mass is 16.2. The summed E-state index contributed by atoms with van der Waals surface area (Å²) >= 11 is 0. The van der Waals surface area contributed by atoms with Gasteiger partial charge < -0.3 is 15.2 Å². The third-order valence-electron chi connectivity index (χ3n) is 4.78. The second-order valence-corrected chi connectivity index (χ2v) is 7.28. The summed E-state index contributed by atoms with van der Waals surface area (Å²) in [6.45, 7) is 7.96. The van der Waals surface area contributed by atoms with Crippen LogP contribution in [0.2, 0.25) is 0 Å². The standard InChI is InChI=1S/C19H32N4O2/c1-5-6-17-16(7-10-20-17)19(25)23-11-8-15(9-12-23)22(4)13-18(24)21-14(2)3/h7,10,14-15,20H,5-6,8-9,11-13H2,1-4H3,(H,21,24). The minimum absolute atomic E-state index is 0.0625. The molecule has 2 rings (SSSR count). The minimum Gasteiger partial charge on any atom is -0.364 e. The van der Waals surface area contributed by atoms with Gasteiger partial charge in [-0.1, -0.05) is 13.3 Å². The number of piperidine rings is 1. The first-order valence-corrected chi connectivity index (χ1v) is 9.37. The van der Waals surface area contributed by atoms with Gasteiger partial charge in [-0.3, -0.25) is 14.5 Å². The molecule has 1 saturated heterocycles. The maximum absolute atomic E-state index is 12.8. The zero-order valence-electron chi connectivity index (χ0n) is 16.0. The van der Waals surface area contributed by atoms with Crippen LogP contribution in [0.25, 0.3) is 0 Å². The van der Waals surface area contributed by atoms with Crippen molar-refractivity contribution in [2.75, 3.05) is 26.7 Å². The van der Waals surface area contributed by atoms with Crippen molar-refractivity contribution in [3.05, 3.63) is 23.5 Å². The molecule has 0 aromatic carbocycles. The number of aryl methyl sites for hydroxylation is 1. The lowest BCUT2D eigenvalue weighted by Crippen LogP contribution is -2.48. The fourth-order valence-corrected chi connectivity index (χ4v) is 3.46. The zero-order chi connectivity index (χ0) is 18.4. The first kappa shape index (κ1) is 19.5. The lowest BCUT2D eigenvalue weighted by Gasteiger charge is -2.36. The molecule has 140 valence electrons. The highest BCUT2D eigenvalue weighted by molar-refractivity contribution is 5.95. The van der Waals surface area contributed by atoms with Gasteiger partial charge in [-0.2, -0.15) is 0 Å². The summed E-state index contributed by atoms with van der Waals surface area (Å²) in [6.07, 6.45) is 5.59. The van der Waals surface area contributed by atoms with Crippen molar-refractivity contribution in [2.24, 2.45) is 0 Å². The largest absolute Gasteiger partial charge is 0.364 e. The Morgan fingerprint density at radius 2 is 2.04 bits per heavy atom. The number of hydrogen-bond donors (Lipinski definition) is 2. The molecule has 1 aliphatic rings. The molecule has 2 heterocycles. The van der Waals surface area contributed by atoms with Crippen LogP contribution in [0.5, 0.6) is 0 Å². The maximum Gasteiger partial charge on any atom is 0.255 e. The molecule has 25 heavy (non-hydrogen) atoms. The summed E-state index contributed by atoms with van der Waals surface area (Å²) in [5.41, 5.74) is 1.85. The fourth-order valence-electron chi connectivity index (χ4n) is 3.46. The van der Waals surface area contributed by atoms with Gasteiger partial charge in [-0.15, -0.1) is 0 Å². The van der Waals surface area contributed by atoms with E-state index < -0.39 is 0 Å². The number of H-pyrrole nitrogens is 1. The molecular weight excluding hydrogens is 316 g/mol. The van der Waals surface area contributed by atoms with Gasteiger partial charge in [-0.05, 0) is 46.2 Å². The number of amides is 2. The van der Waals surface area contributed by atoms with Crippen LogP contribution in [0.15, 0.2) is 12.3 Å². The molecule has 2 N–H and O–H groups in total. The van der Waals surface area contributed by atoms with Gasteiger partial charge in [0.2, 0.25) is 5.91 Å². The van der Waals surface area contributed by atoms with E-state index in [1.165, 1.54) is 0 Å². The number of hydrogen-bond acceptors (Lipinski definition) is 3. The second-order valence-electron chi connectivity index (χ2n) is 7.28. The summed E-state index contributed by atoms with van der Waals surface area (Å²) in [4.78, 5) is 31.9. The van der Waals surface area contributed by atoms with Crippen molar-refractivity contribution < 1.29 is 9.59 Å². The van der Waals surface area contributed by atoms with E-state index in [-0.39, 0.29) is 17.9 Å². The maximum atomic E-state index is 12.8. The molecule has 1 aromatic heterocycles. The highest BCUT2D eigenvalue weighted by Gasteiger charge is 2.27. The van der Waals surface area contributed by atoms with E-state index in [4.69, 9.17) is 0 Å². The van der Waals surface area contributed by atoms with Crippen LogP contribution < -0.4 is 5.32 Å². The normalized spacial score (nSPS) is 15.8. The van der Waals surface area contributed by atoms with Crippen LogP contribution in [0.3, 0.4) is 0 Å². The number of likely N-dealkylation sites (N-methyl/N-ethyl adjacent to an activating group) is 1. The summed E-state index contributed by atoms with van der Waals surface area (Å²) in [5, 5.41) is 2.93. The van der Waals surface area contributed by atoms with Crippen molar-refractivity contribution in [2.45, 2.75) is 58.5 Å². The Kier molecular flexibility index (Phi) is 7.05.